The van der Waals surface area contributed by atoms with Crippen LogP contribution in [0.4, 0.5) is 0 Å². The highest BCUT2D eigenvalue weighted by molar-refractivity contribution is 8.45. The Morgan fingerprint density at radius 2 is 2.29 bits per heavy atom. The van der Waals surface area contributed by atoms with Gasteiger partial charge in [-0.3, -0.25) is 5.50 Å². The molecule has 5 N–H and O–H groups in total. The molecule has 7 heavy (non-hydrogen) atoms. The second kappa shape index (κ2) is 3.46. The number of hydrogen-bond acceptors (Lipinski definition) is 3. The van der Waals surface area contributed by atoms with Gasteiger partial charge in [0.25, 0.3) is 0 Å². The molecule has 0 aliphatic heterocycles. The van der Waals surface area contributed by atoms with E-state index in [0.717, 1.165) is 0 Å². The van der Waals surface area contributed by atoms with Gasteiger partial charge >= 0.3 is 7.55 Å². The quantitative estimate of drug-likeness (QED) is 0.499. The van der Waals surface area contributed by atoms with Crippen molar-refractivity contribution in [3.63, 3.8) is 0 Å². The average Bonchev–Trinajstić information content (AvgIpc) is 1.27. The van der Waals surface area contributed by atoms with Gasteiger partial charge in [-0.15, -0.1) is 10.7 Å². The fraction of sp³-hybridized carbons (Fsp3) is 0. The number of nitrogens with one attached hydrogen (secondary N) is 1. The van der Waals surface area contributed by atoms with E-state index in [2.05, 4.69) is 0 Å². The van der Waals surface area contributed by atoms with E-state index in [1.807, 2.05) is 0 Å². The average molecular weight is 155 g/mol. The van der Waals surface area contributed by atoms with E-state index in [0.29, 0.717) is 0 Å². The Balaban J connectivity index is 3.39. The first-order valence-electron chi connectivity index (χ1n) is 1.39. The van der Waals surface area contributed by atoms with Gasteiger partial charge in [-0.05, 0) is 0 Å². The first kappa shape index (κ1) is 7.46. The van der Waals surface area contributed by atoms with Gasteiger partial charge in [0.1, 0.15) is 0 Å². The van der Waals surface area contributed by atoms with E-state index in [4.69, 9.17) is 21.2 Å². The SMILES string of the molecule is N#P(N)P[P+](=N)N. The Labute approximate surface area is 44.9 Å². The molecule has 3 atom stereocenters. The third kappa shape index (κ3) is 6.46. The highest BCUT2D eigenvalue weighted by atomic mass is 32.4. The monoisotopic (exact) mass is 155 g/mol. The Kier molecular flexibility index (Phi) is 3.69. The minimum absolute atomic E-state index is 0.0525. The molecule has 0 aliphatic rings. The van der Waals surface area contributed by atoms with Gasteiger partial charge < -0.3 is 0 Å². The smallest absolute Gasteiger partial charge is 0.259 e. The highest BCUT2D eigenvalue weighted by Gasteiger charge is 2.03. The Bertz CT molecular complexity index is 128. The first-order valence-corrected chi connectivity index (χ1v) is 6.84. The number of hydrogen-bond donors (Lipinski definition) is 3. The fourth-order valence-electron chi connectivity index (χ4n) is 0.110. The Hall–Kier alpha value is 0.460. The van der Waals surface area contributed by atoms with Crippen molar-refractivity contribution in [2.45, 2.75) is 0 Å². The molecule has 4 nitrogen and oxygen atoms in total. The lowest BCUT2D eigenvalue weighted by atomic mass is 13.9. The van der Waals surface area contributed by atoms with Crippen LogP contribution >= 0.6 is 22.9 Å². The lowest BCUT2D eigenvalue weighted by molar-refractivity contribution is 1.62. The maximum atomic E-state index is 8.39. The minimum Gasteiger partial charge on any atom is -0.259 e. The summed E-state index contributed by atoms with van der Waals surface area (Å²) in [6.07, 6.45) is 0. The Morgan fingerprint density at radius 1 is 1.86 bits per heavy atom. The first-order chi connectivity index (χ1) is 3.13. The lowest BCUT2D eigenvalue weighted by Crippen LogP contribution is -1.68. The summed E-state index contributed by atoms with van der Waals surface area (Å²) < 4.78 is 0. The second-order valence-electron chi connectivity index (χ2n) is 0.815. The third-order valence-electron chi connectivity index (χ3n) is 0.210. The van der Waals surface area contributed by atoms with Gasteiger partial charge in [-0.1, -0.05) is 0 Å². The maximum Gasteiger partial charge on any atom is 0.313 e. The van der Waals surface area contributed by atoms with Crippen LogP contribution in [-0.4, -0.2) is 0 Å². The van der Waals surface area contributed by atoms with Crippen LogP contribution in [0.5, 0.6) is 0 Å². The predicted molar refractivity (Wildman–Crippen MR) is 35.0 cm³/mol. The van der Waals surface area contributed by atoms with Crippen molar-refractivity contribution in [2.24, 2.45) is 11.0 Å². The molecule has 40 valence electrons. The molecule has 0 aromatic carbocycles. The van der Waals surface area contributed by atoms with Crippen molar-refractivity contribution in [1.82, 2.24) is 0 Å². The van der Waals surface area contributed by atoms with Crippen LogP contribution in [0.2, 0.25) is 0 Å². The molecule has 0 heterocycles. The van der Waals surface area contributed by atoms with Crippen LogP contribution in [0.15, 0.2) is 0 Å². The molecule has 0 saturated carbocycles. The lowest BCUT2D eigenvalue weighted by Gasteiger charge is -1.71. The zero-order valence-electron chi connectivity index (χ0n) is 3.50. The third-order valence-corrected chi connectivity index (χ3v) is 5.68. The van der Waals surface area contributed by atoms with E-state index in [-0.39, 0.29) is 7.96 Å². The van der Waals surface area contributed by atoms with Gasteiger partial charge in [0.15, 0.2) is 7.40 Å². The van der Waals surface area contributed by atoms with Crippen molar-refractivity contribution in [3.05, 3.63) is 0 Å². The van der Waals surface area contributed by atoms with Crippen molar-refractivity contribution < 1.29 is 0 Å². The normalized spacial score (nSPS) is 15.0. The van der Waals surface area contributed by atoms with Crippen LogP contribution in [0.3, 0.4) is 0 Å². The van der Waals surface area contributed by atoms with E-state index in [9.17, 15) is 0 Å². The van der Waals surface area contributed by atoms with Gasteiger partial charge in [0, 0.05) is 0 Å². The zero-order chi connectivity index (χ0) is 5.86. The van der Waals surface area contributed by atoms with Crippen LogP contribution in [0.1, 0.15) is 0 Å². The predicted octanol–water partition coefficient (Wildman–Crippen LogP) is 1.45. The molecule has 0 fully saturated rings. The molecule has 0 spiro atoms. The summed E-state index contributed by atoms with van der Waals surface area (Å²) in [6.45, 7) is 0. The molecule has 0 radical (unpaired) electrons. The van der Waals surface area contributed by atoms with Crippen molar-refractivity contribution in [1.29, 1.82) is 10.2 Å². The topological polar surface area (TPSA) is 99.7 Å². The molecule has 0 amide bonds. The number of nitrogens with zero attached hydrogens (tertiary/aromatic N) is 1. The van der Waals surface area contributed by atoms with E-state index >= 15 is 0 Å². The molecule has 0 bridgehead atoms. The summed E-state index contributed by atoms with van der Waals surface area (Å²) >= 11 is 0. The van der Waals surface area contributed by atoms with Gasteiger partial charge in [-0.2, -0.15) is 0 Å². The van der Waals surface area contributed by atoms with Gasteiger partial charge in [0.2, 0.25) is 7.96 Å². The number of rotatable bonds is 1. The van der Waals surface area contributed by atoms with Gasteiger partial charge in [0.05, 0.1) is 0 Å². The summed E-state index contributed by atoms with van der Waals surface area (Å²) in [5, 5.41) is 15.1. The van der Waals surface area contributed by atoms with Crippen LogP contribution < -0.4 is 11.0 Å². The van der Waals surface area contributed by atoms with Crippen LogP contribution in [0.25, 0.3) is 0 Å². The standard InChI is InChI=1S/H6N4P3/c1-6(2)5-7(3)4/h5H,1H2,(H3,3,4)/q+1. The summed E-state index contributed by atoms with van der Waals surface area (Å²) in [6, 6.07) is 0. The van der Waals surface area contributed by atoms with E-state index in [1.54, 1.807) is 0 Å². The summed E-state index contributed by atoms with van der Waals surface area (Å²) in [4.78, 5) is 0. The van der Waals surface area contributed by atoms with E-state index < -0.39 is 14.9 Å². The summed E-state index contributed by atoms with van der Waals surface area (Å²) in [7, 11) is -2.55. The molecule has 3 unspecified atom stereocenters. The van der Waals surface area contributed by atoms with Gasteiger partial charge in [-0.25, -0.2) is 5.00 Å². The van der Waals surface area contributed by atoms with Crippen molar-refractivity contribution >= 4 is 22.9 Å². The Morgan fingerprint density at radius 3 is 2.29 bits per heavy atom. The van der Waals surface area contributed by atoms with Crippen LogP contribution in [0, 0.1) is 10.2 Å². The largest absolute Gasteiger partial charge is 0.313 e. The summed E-state index contributed by atoms with van der Waals surface area (Å²) in [5.41, 5.74) is 9.96. The molecule has 0 saturated heterocycles. The van der Waals surface area contributed by atoms with E-state index in [1.165, 1.54) is 0 Å². The zero-order valence-corrected chi connectivity index (χ0v) is 6.29. The molecule has 0 aromatic rings. The fourth-order valence-corrected chi connectivity index (χ4v) is 2.98. The van der Waals surface area contributed by atoms with Crippen molar-refractivity contribution in [3.8, 4) is 0 Å². The molecule has 0 rings (SSSR count). The molecule has 0 aliphatic carbocycles. The maximum absolute atomic E-state index is 8.39. The highest BCUT2D eigenvalue weighted by Crippen LogP contribution is 2.52. The number of nitrogens with two attached hydrogens (primary N) is 2. The van der Waals surface area contributed by atoms with Crippen molar-refractivity contribution in [2.75, 3.05) is 0 Å². The molecular weight excluding hydrogens is 149 g/mol. The summed E-state index contributed by atoms with van der Waals surface area (Å²) in [5.74, 6) is 0. The minimum atomic E-state index is -1.40. The second-order valence-corrected chi connectivity index (χ2v) is 7.66. The van der Waals surface area contributed by atoms with Crippen LogP contribution in [-0.2, 0) is 0 Å². The molecule has 0 aromatic heterocycles. The molecular formula is H6N4P3+. The molecule has 7 heteroatoms.